The monoisotopic (exact) mass is 424 g/mol. The zero-order chi connectivity index (χ0) is 21.5. The molecule has 1 fully saturated rings. The topological polar surface area (TPSA) is 115 Å². The maximum Gasteiger partial charge on any atom is 0.263 e. The molecule has 164 valence electrons. The molecule has 1 aliphatic rings. The number of benzene rings is 1. The summed E-state index contributed by atoms with van der Waals surface area (Å²) in [6, 6.07) is 11.6. The van der Waals surface area contributed by atoms with Gasteiger partial charge in [-0.25, -0.2) is 4.98 Å². The highest BCUT2D eigenvalue weighted by atomic mass is 16.5. The predicted molar refractivity (Wildman–Crippen MR) is 122 cm³/mol. The van der Waals surface area contributed by atoms with Gasteiger partial charge in [-0.15, -0.1) is 0 Å². The van der Waals surface area contributed by atoms with Gasteiger partial charge in [0.05, 0.1) is 24.4 Å². The molecule has 0 radical (unpaired) electrons. The summed E-state index contributed by atoms with van der Waals surface area (Å²) in [5, 5.41) is 16.4. The summed E-state index contributed by atoms with van der Waals surface area (Å²) >= 11 is 0. The average molecular weight is 425 g/mol. The molecular weight excluding hydrogens is 396 g/mol. The van der Waals surface area contributed by atoms with E-state index in [0.717, 1.165) is 23.9 Å². The third kappa shape index (κ3) is 5.19. The van der Waals surface area contributed by atoms with Crippen LogP contribution in [0.5, 0.6) is 0 Å². The summed E-state index contributed by atoms with van der Waals surface area (Å²) in [4.78, 5) is 27.6. The van der Waals surface area contributed by atoms with E-state index in [-0.39, 0.29) is 12.2 Å². The van der Waals surface area contributed by atoms with Crippen LogP contribution in [0.3, 0.4) is 0 Å². The lowest BCUT2D eigenvalue weighted by Crippen LogP contribution is -2.31. The smallest absolute Gasteiger partial charge is 0.263 e. The van der Waals surface area contributed by atoms with E-state index in [1.807, 2.05) is 41.3 Å². The van der Waals surface area contributed by atoms with Crippen molar-refractivity contribution in [3.05, 3.63) is 46.8 Å². The Hall–Kier alpha value is -3.01. The van der Waals surface area contributed by atoms with Crippen LogP contribution in [0.2, 0.25) is 0 Å². The van der Waals surface area contributed by atoms with Crippen LogP contribution in [0.4, 0.5) is 11.8 Å². The Kier molecular flexibility index (Phi) is 7.08. The molecule has 3 aromatic rings. The molecular formula is C22H28N6O3. The lowest BCUT2D eigenvalue weighted by atomic mass is 10.1. The first-order valence-electron chi connectivity index (χ1n) is 10.6. The number of anilines is 2. The summed E-state index contributed by atoms with van der Waals surface area (Å²) in [5.74, 6) is 1.03. The highest BCUT2D eigenvalue weighted by Gasteiger charge is 2.19. The number of nitrogens with zero attached hydrogens (tertiary/aromatic N) is 3. The Morgan fingerprint density at radius 2 is 1.97 bits per heavy atom. The van der Waals surface area contributed by atoms with Gasteiger partial charge >= 0.3 is 0 Å². The van der Waals surface area contributed by atoms with E-state index >= 15 is 0 Å². The molecule has 9 nitrogen and oxygen atoms in total. The number of pyridine rings is 1. The van der Waals surface area contributed by atoms with E-state index < -0.39 is 0 Å². The lowest BCUT2D eigenvalue weighted by molar-refractivity contribution is 0.152. The lowest BCUT2D eigenvalue weighted by Gasteiger charge is -2.21. The molecule has 1 aliphatic heterocycles. The van der Waals surface area contributed by atoms with E-state index in [4.69, 9.17) is 19.8 Å². The number of nitrogens with one attached hydrogen (secondary N) is 3. The van der Waals surface area contributed by atoms with Crippen molar-refractivity contribution in [1.29, 1.82) is 0 Å². The molecule has 9 heteroatoms. The summed E-state index contributed by atoms with van der Waals surface area (Å²) in [6.07, 6.45) is 0.880. The van der Waals surface area contributed by atoms with Crippen LogP contribution in [-0.4, -0.2) is 72.6 Å². The van der Waals surface area contributed by atoms with Gasteiger partial charge in [0, 0.05) is 44.7 Å². The van der Waals surface area contributed by atoms with Crippen molar-refractivity contribution < 1.29 is 9.84 Å². The quantitative estimate of drug-likeness (QED) is 0.399. The maximum atomic E-state index is 13.2. The minimum absolute atomic E-state index is 0.0801. The van der Waals surface area contributed by atoms with Crippen molar-refractivity contribution in [2.45, 2.75) is 6.42 Å². The van der Waals surface area contributed by atoms with E-state index in [0.29, 0.717) is 62.4 Å². The highest BCUT2D eigenvalue weighted by Crippen LogP contribution is 2.25. The van der Waals surface area contributed by atoms with Crippen LogP contribution in [0.25, 0.3) is 22.2 Å². The third-order valence-corrected chi connectivity index (χ3v) is 5.17. The van der Waals surface area contributed by atoms with E-state index in [2.05, 4.69) is 15.6 Å². The SMILES string of the molecule is O=c1[nH]c(N2CCCOCC2)nc(NCCNCCO)c1-c1ccc2ccccc2n1. The number of aromatic nitrogens is 3. The molecule has 3 heterocycles. The average Bonchev–Trinajstić information content (AvgIpc) is 3.08. The number of hydrogen-bond acceptors (Lipinski definition) is 8. The maximum absolute atomic E-state index is 13.2. The summed E-state index contributed by atoms with van der Waals surface area (Å²) in [5.41, 5.74) is 1.58. The second kappa shape index (κ2) is 10.3. The molecule has 2 aromatic heterocycles. The molecule has 1 saturated heterocycles. The van der Waals surface area contributed by atoms with Gasteiger partial charge in [-0.1, -0.05) is 24.3 Å². The van der Waals surface area contributed by atoms with Gasteiger partial charge in [0.1, 0.15) is 11.4 Å². The number of H-pyrrole nitrogens is 1. The normalized spacial score (nSPS) is 14.5. The second-order valence-electron chi connectivity index (χ2n) is 7.36. The van der Waals surface area contributed by atoms with Crippen molar-refractivity contribution in [2.24, 2.45) is 0 Å². The minimum atomic E-state index is -0.233. The highest BCUT2D eigenvalue weighted by molar-refractivity contribution is 5.83. The van der Waals surface area contributed by atoms with Crippen molar-refractivity contribution in [2.75, 3.05) is 62.8 Å². The number of ether oxygens (including phenoxy) is 1. The second-order valence-corrected chi connectivity index (χ2v) is 7.36. The Morgan fingerprint density at radius 3 is 2.87 bits per heavy atom. The first-order chi connectivity index (χ1) is 15.3. The fraction of sp³-hybridized carbons (Fsp3) is 0.409. The van der Waals surface area contributed by atoms with Gasteiger partial charge < -0.3 is 25.4 Å². The number of aliphatic hydroxyl groups excluding tert-OH is 1. The van der Waals surface area contributed by atoms with Gasteiger partial charge in [-0.05, 0) is 18.6 Å². The van der Waals surface area contributed by atoms with E-state index in [1.165, 1.54) is 0 Å². The van der Waals surface area contributed by atoms with Crippen LogP contribution >= 0.6 is 0 Å². The fourth-order valence-corrected chi connectivity index (χ4v) is 3.61. The van der Waals surface area contributed by atoms with Gasteiger partial charge in [-0.3, -0.25) is 9.78 Å². The molecule has 0 atom stereocenters. The molecule has 0 aliphatic carbocycles. The molecule has 0 spiro atoms. The Balaban J connectivity index is 1.69. The molecule has 4 rings (SSSR count). The zero-order valence-corrected chi connectivity index (χ0v) is 17.4. The number of aliphatic hydroxyl groups is 1. The predicted octanol–water partition coefficient (Wildman–Crippen LogP) is 1.21. The van der Waals surface area contributed by atoms with Crippen molar-refractivity contribution in [3.8, 4) is 11.3 Å². The van der Waals surface area contributed by atoms with Crippen LogP contribution < -0.4 is 21.1 Å². The van der Waals surface area contributed by atoms with Gasteiger partial charge in [0.25, 0.3) is 5.56 Å². The molecule has 0 bridgehead atoms. The number of hydrogen-bond donors (Lipinski definition) is 4. The minimum Gasteiger partial charge on any atom is -0.395 e. The van der Waals surface area contributed by atoms with Crippen LogP contribution in [0, 0.1) is 0 Å². The van der Waals surface area contributed by atoms with Crippen molar-refractivity contribution in [3.63, 3.8) is 0 Å². The Morgan fingerprint density at radius 1 is 1.06 bits per heavy atom. The number of rotatable bonds is 8. The fourth-order valence-electron chi connectivity index (χ4n) is 3.61. The third-order valence-electron chi connectivity index (χ3n) is 5.17. The molecule has 0 amide bonds. The molecule has 31 heavy (non-hydrogen) atoms. The molecule has 0 unspecified atom stereocenters. The Bertz CT molecular complexity index is 1060. The number of para-hydroxylation sites is 1. The van der Waals surface area contributed by atoms with Gasteiger partial charge in [-0.2, -0.15) is 4.98 Å². The summed E-state index contributed by atoms with van der Waals surface area (Å²) in [7, 11) is 0. The van der Waals surface area contributed by atoms with Crippen LogP contribution in [0.15, 0.2) is 41.2 Å². The molecule has 0 saturated carbocycles. The van der Waals surface area contributed by atoms with Crippen LogP contribution in [0.1, 0.15) is 6.42 Å². The molecule has 4 N–H and O–H groups in total. The van der Waals surface area contributed by atoms with Gasteiger partial charge in [0.2, 0.25) is 5.95 Å². The molecule has 1 aromatic carbocycles. The largest absolute Gasteiger partial charge is 0.395 e. The summed E-state index contributed by atoms with van der Waals surface area (Å²) < 4.78 is 5.53. The first kappa shape index (κ1) is 21.2. The standard InChI is InChI=1S/C22H28N6O3/c29-13-10-23-8-9-24-20-19(18-7-6-16-4-1-2-5-17(16)25-18)21(30)27-22(26-20)28-11-3-14-31-15-12-28/h1-2,4-7,23,29H,3,8-15H2,(H2,24,26,27,30). The van der Waals surface area contributed by atoms with E-state index in [1.54, 1.807) is 0 Å². The Labute approximate surface area is 180 Å². The van der Waals surface area contributed by atoms with Gasteiger partial charge in [0.15, 0.2) is 0 Å². The zero-order valence-electron chi connectivity index (χ0n) is 17.4. The number of aromatic amines is 1. The number of fused-ring (bicyclic) bond motifs is 1. The van der Waals surface area contributed by atoms with Crippen molar-refractivity contribution in [1.82, 2.24) is 20.3 Å². The van der Waals surface area contributed by atoms with E-state index in [9.17, 15) is 4.79 Å². The summed E-state index contributed by atoms with van der Waals surface area (Å²) in [6.45, 7) is 4.54. The van der Waals surface area contributed by atoms with Crippen LogP contribution in [-0.2, 0) is 4.74 Å². The van der Waals surface area contributed by atoms with Crippen molar-refractivity contribution >= 4 is 22.7 Å². The first-order valence-corrected chi connectivity index (χ1v) is 10.6.